The van der Waals surface area contributed by atoms with Gasteiger partial charge in [0.1, 0.15) is 0 Å². The van der Waals surface area contributed by atoms with Crippen molar-refractivity contribution in [3.8, 4) is 23.7 Å². The van der Waals surface area contributed by atoms with Crippen molar-refractivity contribution in [3.63, 3.8) is 0 Å². The zero-order chi connectivity index (χ0) is 48.3. The Hall–Kier alpha value is -3.10. The summed E-state index contributed by atoms with van der Waals surface area (Å²) in [7, 11) is 0. The summed E-state index contributed by atoms with van der Waals surface area (Å²) in [4.78, 5) is 10.3. The fraction of sp³-hybridized carbons (Fsp3) is 0.727. The normalized spacial score (nSPS) is 11.5. The van der Waals surface area contributed by atoms with Gasteiger partial charge in [0, 0.05) is 31.9 Å². The molecule has 0 radical (unpaired) electrons. The van der Waals surface area contributed by atoms with Crippen molar-refractivity contribution in [3.05, 3.63) is 59.7 Å². The maximum atomic E-state index is 5.22. The lowest BCUT2D eigenvalue weighted by atomic mass is 10.0. The van der Waals surface area contributed by atoms with Crippen molar-refractivity contribution in [2.75, 3.05) is 0 Å². The van der Waals surface area contributed by atoms with Crippen molar-refractivity contribution >= 4 is 23.3 Å². The molecule has 0 saturated heterocycles. The Morgan fingerprint density at radius 2 is 0.632 bits per heavy atom. The second kappa shape index (κ2) is 48.9. The number of aliphatic imine (C=N–C) groups is 2. The first-order valence-electron chi connectivity index (χ1n) is 30.0. The number of rotatable bonds is 46. The van der Waals surface area contributed by atoms with Gasteiger partial charge in [-0.2, -0.15) is 0 Å². The van der Waals surface area contributed by atoms with Gasteiger partial charge in [-0.25, -0.2) is 0 Å². The fourth-order valence-corrected chi connectivity index (χ4v) is 9.45. The van der Waals surface area contributed by atoms with E-state index in [1.54, 1.807) is 0 Å². The third-order valence-electron chi connectivity index (χ3n) is 13.9. The number of unbranched alkanes of at least 4 members (excludes halogenated alkanes) is 37. The first-order chi connectivity index (χ1) is 33.8. The molecule has 0 aliphatic rings. The molecule has 0 unspecified atom stereocenters. The average Bonchev–Trinajstić information content (AvgIpc) is 3.36. The summed E-state index contributed by atoms with van der Waals surface area (Å²) in [6.07, 6.45) is 61.6. The van der Waals surface area contributed by atoms with Crippen LogP contribution in [-0.2, 0) is 12.8 Å². The molecule has 0 saturated carbocycles. The minimum atomic E-state index is 0.941. The lowest BCUT2D eigenvalue weighted by Crippen LogP contribution is -2.00. The van der Waals surface area contributed by atoms with Crippen LogP contribution in [0.15, 0.2) is 58.5 Å². The second-order valence-electron chi connectivity index (χ2n) is 20.5. The minimum absolute atomic E-state index is 0.941. The molecular weight excluding hydrogens is 821 g/mol. The molecule has 0 N–H and O–H groups in total. The smallest absolute Gasteiger partial charge is 0.0665 e. The highest BCUT2D eigenvalue weighted by Crippen LogP contribution is 2.24. The molecule has 0 fully saturated rings. The lowest BCUT2D eigenvalue weighted by Gasteiger charge is -2.08. The van der Waals surface area contributed by atoms with E-state index in [-0.39, 0.29) is 0 Å². The molecule has 2 aromatic carbocycles. The molecule has 0 spiro atoms. The van der Waals surface area contributed by atoms with Crippen LogP contribution in [0, 0.1) is 23.7 Å². The molecule has 0 heterocycles. The fourth-order valence-electron chi connectivity index (χ4n) is 9.45. The average molecular weight is 930 g/mol. The molecule has 2 aromatic rings. The molecule has 2 rings (SSSR count). The number of benzene rings is 2. The van der Waals surface area contributed by atoms with Crippen LogP contribution in [0.5, 0.6) is 0 Å². The quantitative estimate of drug-likeness (QED) is 0.0359. The lowest BCUT2D eigenvalue weighted by molar-refractivity contribution is 0.528. The number of aryl methyl sites for hydroxylation is 2. The van der Waals surface area contributed by atoms with Gasteiger partial charge in [-0.05, 0) is 74.6 Å². The first kappa shape index (κ1) is 61.0. The van der Waals surface area contributed by atoms with Crippen LogP contribution < -0.4 is 0 Å². The first-order valence-corrected chi connectivity index (χ1v) is 30.0. The molecule has 2 nitrogen and oxygen atoms in total. The predicted octanol–water partition coefficient (Wildman–Crippen LogP) is 22.1. The summed E-state index contributed by atoms with van der Waals surface area (Å²) in [6.45, 7) is 6.86. The summed E-state index contributed by atoms with van der Waals surface area (Å²) in [5, 5.41) is 0. The van der Waals surface area contributed by atoms with Gasteiger partial charge in [0.2, 0.25) is 0 Å². The van der Waals surface area contributed by atoms with Crippen molar-refractivity contribution in [2.45, 2.75) is 310 Å². The van der Waals surface area contributed by atoms with Crippen molar-refractivity contribution in [1.29, 1.82) is 0 Å². The van der Waals surface area contributed by atoms with Gasteiger partial charge < -0.3 is 0 Å². The molecular formula is C66H108N2. The van der Waals surface area contributed by atoms with Gasteiger partial charge in [0.25, 0.3) is 0 Å². The number of para-hydroxylation sites is 2. The van der Waals surface area contributed by atoms with Gasteiger partial charge >= 0.3 is 0 Å². The van der Waals surface area contributed by atoms with Crippen LogP contribution in [0.3, 0.4) is 0 Å². The van der Waals surface area contributed by atoms with E-state index in [1.807, 2.05) is 6.21 Å². The zero-order valence-corrected chi connectivity index (χ0v) is 45.4. The monoisotopic (exact) mass is 929 g/mol. The number of hydrogen-bond acceptors (Lipinski definition) is 2. The van der Waals surface area contributed by atoms with E-state index < -0.39 is 0 Å². The van der Waals surface area contributed by atoms with Gasteiger partial charge in [-0.3, -0.25) is 9.98 Å². The van der Waals surface area contributed by atoms with Crippen LogP contribution in [0.1, 0.15) is 308 Å². The Bertz CT molecular complexity index is 1590. The van der Waals surface area contributed by atoms with Crippen LogP contribution in [0.25, 0.3) is 0 Å². The third kappa shape index (κ3) is 37.8. The predicted molar refractivity (Wildman–Crippen MR) is 307 cm³/mol. The molecule has 2 heteroatoms. The largest absolute Gasteiger partial charge is 0.255 e. The van der Waals surface area contributed by atoms with Crippen molar-refractivity contribution in [2.24, 2.45) is 9.98 Å². The van der Waals surface area contributed by atoms with Gasteiger partial charge in [-0.1, -0.05) is 269 Å². The minimum Gasteiger partial charge on any atom is -0.255 e. The van der Waals surface area contributed by atoms with Crippen LogP contribution >= 0.6 is 0 Å². The Labute approximate surface area is 424 Å². The van der Waals surface area contributed by atoms with E-state index in [2.05, 4.69) is 93.0 Å². The molecule has 382 valence electrons. The maximum Gasteiger partial charge on any atom is 0.0665 e. The zero-order valence-electron chi connectivity index (χ0n) is 45.4. The highest BCUT2D eigenvalue weighted by Gasteiger charge is 2.05. The molecule has 0 aliphatic carbocycles. The second-order valence-corrected chi connectivity index (χ2v) is 20.5. The Morgan fingerprint density at radius 3 is 1.00 bits per heavy atom. The molecule has 0 atom stereocenters. The van der Waals surface area contributed by atoms with Gasteiger partial charge in [-0.15, -0.1) is 23.7 Å². The summed E-state index contributed by atoms with van der Waals surface area (Å²) < 4.78 is 0. The highest BCUT2D eigenvalue weighted by atomic mass is 14.8. The SMILES string of the molecule is CCCCCCCCCCCCCCCCCCCC#CCCCc1ccccc1N=CC(CCCC)=Nc1ccccc1CCCC#CCCCCCCCCCCCCCCCCCCC. The summed E-state index contributed by atoms with van der Waals surface area (Å²) in [5.41, 5.74) is 5.84. The van der Waals surface area contributed by atoms with E-state index in [0.29, 0.717) is 0 Å². The Kier molecular flexibility index (Phi) is 43.9. The summed E-state index contributed by atoms with van der Waals surface area (Å²) >= 11 is 0. The van der Waals surface area contributed by atoms with E-state index in [9.17, 15) is 0 Å². The standard InChI is InChI=1S/C66H108N2/c1-4-7-10-12-14-16-18-20-22-24-26-28-30-32-34-36-38-40-42-44-46-48-54-62-56-50-52-59-65(62)67-61-64(58-9-6-3)68-66-60-53-51-57-63(66)55-49-47-45-43-41-39-37-35-33-31-29-27-25-23-21-19-17-15-13-11-8-5-2/h50-53,56-57,59-61H,4-41,46-49,54-55,58H2,1-3H3. The molecule has 68 heavy (non-hydrogen) atoms. The van der Waals surface area contributed by atoms with Crippen LogP contribution in [0.2, 0.25) is 0 Å². The van der Waals surface area contributed by atoms with E-state index in [1.165, 1.54) is 229 Å². The highest BCUT2D eigenvalue weighted by molar-refractivity contribution is 6.31. The van der Waals surface area contributed by atoms with Gasteiger partial charge in [0.05, 0.1) is 17.1 Å². The van der Waals surface area contributed by atoms with E-state index >= 15 is 0 Å². The third-order valence-corrected chi connectivity index (χ3v) is 13.9. The van der Waals surface area contributed by atoms with Gasteiger partial charge in [0.15, 0.2) is 0 Å². The number of hydrogen-bond donors (Lipinski definition) is 0. The Balaban J connectivity index is 1.60. The summed E-state index contributed by atoms with van der Waals surface area (Å²) in [5.74, 6) is 13.9. The molecule has 0 bridgehead atoms. The maximum absolute atomic E-state index is 5.22. The van der Waals surface area contributed by atoms with Crippen molar-refractivity contribution in [1.82, 2.24) is 0 Å². The Morgan fingerprint density at radius 1 is 0.338 bits per heavy atom. The van der Waals surface area contributed by atoms with E-state index in [0.717, 1.165) is 87.7 Å². The summed E-state index contributed by atoms with van der Waals surface area (Å²) in [6, 6.07) is 17.3. The van der Waals surface area contributed by atoms with Crippen LogP contribution in [0.4, 0.5) is 11.4 Å². The van der Waals surface area contributed by atoms with Crippen LogP contribution in [-0.4, -0.2) is 11.9 Å². The van der Waals surface area contributed by atoms with E-state index in [4.69, 9.17) is 9.98 Å². The molecule has 0 aliphatic heterocycles. The topological polar surface area (TPSA) is 24.7 Å². The van der Waals surface area contributed by atoms with Crippen molar-refractivity contribution < 1.29 is 0 Å². The molecule has 0 aromatic heterocycles. The molecule has 0 amide bonds. The number of nitrogens with zero attached hydrogens (tertiary/aromatic N) is 2.